The second kappa shape index (κ2) is 7.77. The summed E-state index contributed by atoms with van der Waals surface area (Å²) < 4.78 is 0. The van der Waals surface area contributed by atoms with Crippen molar-refractivity contribution in [3.63, 3.8) is 0 Å². The zero-order chi connectivity index (χ0) is 17.9. The van der Waals surface area contributed by atoms with Gasteiger partial charge in [0.15, 0.2) is 5.11 Å². The minimum absolute atomic E-state index is 0.477. The lowest BCUT2D eigenvalue weighted by molar-refractivity contribution is 0.115. The van der Waals surface area contributed by atoms with Crippen LogP contribution in [0.1, 0.15) is 36.8 Å². The van der Waals surface area contributed by atoms with Crippen LogP contribution < -0.4 is 10.6 Å². The molecule has 0 spiro atoms. The fraction of sp³-hybridized carbons (Fsp3) is 0.409. The average molecular weight is 366 g/mol. The lowest BCUT2D eigenvalue weighted by Crippen LogP contribution is -2.50. The summed E-state index contributed by atoms with van der Waals surface area (Å²) in [5.41, 5.74) is 3.74. The van der Waals surface area contributed by atoms with Gasteiger partial charge in [0.1, 0.15) is 0 Å². The van der Waals surface area contributed by atoms with Gasteiger partial charge in [0.25, 0.3) is 0 Å². The predicted octanol–water partition coefficient (Wildman–Crippen LogP) is 4.48. The van der Waals surface area contributed by atoms with E-state index in [4.69, 9.17) is 12.2 Å². The van der Waals surface area contributed by atoms with Gasteiger partial charge in [0.2, 0.25) is 0 Å². The van der Waals surface area contributed by atoms with E-state index in [2.05, 4.69) is 77.1 Å². The number of rotatable bonds is 4. The molecule has 2 aromatic carbocycles. The number of piperidine rings is 1. The van der Waals surface area contributed by atoms with Crippen LogP contribution in [0, 0.1) is 6.92 Å². The van der Waals surface area contributed by atoms with Crippen molar-refractivity contribution in [1.29, 1.82) is 0 Å². The van der Waals surface area contributed by atoms with E-state index in [0.29, 0.717) is 18.1 Å². The molecule has 0 saturated carbocycles. The van der Waals surface area contributed by atoms with E-state index in [9.17, 15) is 0 Å². The van der Waals surface area contributed by atoms with Crippen molar-refractivity contribution in [3.05, 3.63) is 65.7 Å². The van der Waals surface area contributed by atoms with Gasteiger partial charge in [-0.05, 0) is 62.5 Å². The molecule has 2 aliphatic rings. The maximum atomic E-state index is 5.55. The van der Waals surface area contributed by atoms with Gasteiger partial charge in [0.05, 0.1) is 0 Å². The topological polar surface area (TPSA) is 27.3 Å². The maximum Gasteiger partial charge on any atom is 0.170 e. The fourth-order valence-corrected chi connectivity index (χ4v) is 4.72. The molecule has 4 heteroatoms. The van der Waals surface area contributed by atoms with Gasteiger partial charge in [-0.2, -0.15) is 0 Å². The highest BCUT2D eigenvalue weighted by Crippen LogP contribution is 2.36. The lowest BCUT2D eigenvalue weighted by Gasteiger charge is -2.39. The van der Waals surface area contributed by atoms with E-state index in [1.807, 2.05) is 0 Å². The zero-order valence-electron chi connectivity index (χ0n) is 15.3. The van der Waals surface area contributed by atoms with E-state index < -0.39 is 0 Å². The SMILES string of the molecule is Cc1ccc(NC(=S)NC2C[C@@H]3CC[C@@H](C2)N3Cc2ccccc2)cc1. The minimum Gasteiger partial charge on any atom is -0.360 e. The Morgan fingerprint density at radius 2 is 1.65 bits per heavy atom. The summed E-state index contributed by atoms with van der Waals surface area (Å²) in [7, 11) is 0. The zero-order valence-corrected chi connectivity index (χ0v) is 16.1. The van der Waals surface area contributed by atoms with Crippen molar-refractivity contribution in [2.24, 2.45) is 0 Å². The van der Waals surface area contributed by atoms with Crippen LogP contribution >= 0.6 is 12.2 Å². The van der Waals surface area contributed by atoms with Crippen molar-refractivity contribution in [3.8, 4) is 0 Å². The molecule has 0 aromatic heterocycles. The smallest absolute Gasteiger partial charge is 0.170 e. The first-order valence-electron chi connectivity index (χ1n) is 9.61. The lowest BCUT2D eigenvalue weighted by atomic mass is 9.96. The molecule has 0 amide bonds. The summed E-state index contributed by atoms with van der Waals surface area (Å²) in [6.45, 7) is 3.17. The molecule has 2 N–H and O–H groups in total. The third-order valence-corrected chi connectivity index (χ3v) is 5.96. The number of hydrogen-bond acceptors (Lipinski definition) is 2. The van der Waals surface area contributed by atoms with Crippen molar-refractivity contribution >= 4 is 23.0 Å². The average Bonchev–Trinajstić information content (AvgIpc) is 2.87. The fourth-order valence-electron chi connectivity index (χ4n) is 4.43. The molecule has 3 nitrogen and oxygen atoms in total. The van der Waals surface area contributed by atoms with E-state index in [-0.39, 0.29) is 0 Å². The Bertz CT molecular complexity index is 730. The van der Waals surface area contributed by atoms with E-state index >= 15 is 0 Å². The Balaban J connectivity index is 1.32. The van der Waals surface area contributed by atoms with Crippen LogP contribution in [0.25, 0.3) is 0 Å². The van der Waals surface area contributed by atoms with Crippen molar-refractivity contribution in [2.75, 3.05) is 5.32 Å². The molecule has 0 radical (unpaired) electrons. The predicted molar refractivity (Wildman–Crippen MR) is 112 cm³/mol. The van der Waals surface area contributed by atoms with Crippen LogP contribution in [-0.2, 0) is 6.54 Å². The number of nitrogens with zero attached hydrogens (tertiary/aromatic N) is 1. The van der Waals surface area contributed by atoms with Gasteiger partial charge in [0, 0.05) is 30.4 Å². The molecule has 26 heavy (non-hydrogen) atoms. The quantitative estimate of drug-likeness (QED) is 0.782. The third kappa shape index (κ3) is 4.08. The monoisotopic (exact) mass is 365 g/mol. The summed E-state index contributed by atoms with van der Waals surface area (Å²) >= 11 is 5.55. The highest BCUT2D eigenvalue weighted by atomic mass is 32.1. The molecular weight excluding hydrogens is 338 g/mol. The molecule has 2 aliphatic heterocycles. The van der Waals surface area contributed by atoms with E-state index in [0.717, 1.165) is 17.3 Å². The summed E-state index contributed by atoms with van der Waals surface area (Å²) in [6.07, 6.45) is 4.99. The highest BCUT2D eigenvalue weighted by molar-refractivity contribution is 7.80. The van der Waals surface area contributed by atoms with E-state index in [1.165, 1.54) is 36.8 Å². The number of fused-ring (bicyclic) bond motifs is 2. The molecule has 2 heterocycles. The van der Waals surface area contributed by atoms with Gasteiger partial charge < -0.3 is 10.6 Å². The second-order valence-electron chi connectivity index (χ2n) is 7.68. The summed E-state index contributed by atoms with van der Waals surface area (Å²) in [6, 6.07) is 21.0. The summed E-state index contributed by atoms with van der Waals surface area (Å²) in [4.78, 5) is 2.71. The molecule has 2 bridgehead atoms. The molecule has 136 valence electrons. The number of hydrogen-bond donors (Lipinski definition) is 2. The van der Waals surface area contributed by atoms with Gasteiger partial charge >= 0.3 is 0 Å². The van der Waals surface area contributed by atoms with Crippen LogP contribution in [0.2, 0.25) is 0 Å². The Kier molecular flexibility index (Phi) is 5.23. The number of nitrogens with one attached hydrogen (secondary N) is 2. The number of thiocarbonyl (C=S) groups is 1. The van der Waals surface area contributed by atoms with Gasteiger partial charge in [-0.1, -0.05) is 48.0 Å². The van der Waals surface area contributed by atoms with E-state index in [1.54, 1.807) is 0 Å². The largest absolute Gasteiger partial charge is 0.360 e. The normalized spacial score (nSPS) is 25.0. The Morgan fingerprint density at radius 1 is 1.00 bits per heavy atom. The maximum absolute atomic E-state index is 5.55. The van der Waals surface area contributed by atoms with Crippen LogP contribution in [0.4, 0.5) is 5.69 Å². The molecule has 4 rings (SSSR count). The first kappa shape index (κ1) is 17.5. The van der Waals surface area contributed by atoms with Crippen LogP contribution in [0.15, 0.2) is 54.6 Å². The van der Waals surface area contributed by atoms with Crippen molar-refractivity contribution in [1.82, 2.24) is 10.2 Å². The van der Waals surface area contributed by atoms with Crippen LogP contribution in [0.5, 0.6) is 0 Å². The second-order valence-corrected chi connectivity index (χ2v) is 8.08. The molecule has 2 aromatic rings. The van der Waals surface area contributed by atoms with Gasteiger partial charge in [-0.25, -0.2) is 0 Å². The first-order chi connectivity index (χ1) is 12.7. The van der Waals surface area contributed by atoms with Crippen LogP contribution in [0.3, 0.4) is 0 Å². The van der Waals surface area contributed by atoms with Crippen molar-refractivity contribution in [2.45, 2.75) is 57.3 Å². The molecular formula is C22H27N3S. The highest BCUT2D eigenvalue weighted by Gasteiger charge is 2.40. The number of aryl methyl sites for hydroxylation is 1. The third-order valence-electron chi connectivity index (χ3n) is 5.74. The molecule has 0 unspecified atom stereocenters. The Labute approximate surface area is 161 Å². The van der Waals surface area contributed by atoms with Gasteiger partial charge in [-0.3, -0.25) is 4.90 Å². The Morgan fingerprint density at radius 3 is 2.31 bits per heavy atom. The molecule has 0 aliphatic carbocycles. The minimum atomic E-state index is 0.477. The number of anilines is 1. The van der Waals surface area contributed by atoms with Crippen LogP contribution in [-0.4, -0.2) is 28.1 Å². The standard InChI is InChI=1S/C22H27N3S/c1-16-7-9-18(10-8-16)23-22(26)24-19-13-20-11-12-21(14-19)25(20)15-17-5-3-2-4-6-17/h2-10,19-21H,11-15H2,1H3,(H2,23,24,26)/t20-,21-/m0/s1. The number of benzene rings is 2. The van der Waals surface area contributed by atoms with Gasteiger partial charge in [-0.15, -0.1) is 0 Å². The molecule has 2 atom stereocenters. The summed E-state index contributed by atoms with van der Waals surface area (Å²) in [5.74, 6) is 0. The first-order valence-corrected chi connectivity index (χ1v) is 10.0. The Hall–Kier alpha value is -1.91. The molecule has 2 fully saturated rings. The summed E-state index contributed by atoms with van der Waals surface area (Å²) in [5, 5.41) is 7.63. The van der Waals surface area contributed by atoms with Crippen molar-refractivity contribution < 1.29 is 0 Å². The molecule has 2 saturated heterocycles.